The molecule has 0 saturated carbocycles. The molecule has 0 bridgehead atoms. The zero-order valence-electron chi connectivity index (χ0n) is 18.2. The topological polar surface area (TPSA) is 93.2 Å². The number of hydrogen-bond donors (Lipinski definition) is 2. The molecule has 2 N–H and O–H groups in total. The Morgan fingerprint density at radius 2 is 1.94 bits per heavy atom. The molecule has 5 rings (SSSR count). The average Bonchev–Trinajstić information content (AvgIpc) is 3.49. The molecule has 3 aromatic rings. The molecular weight excluding hydrogens is 422 g/mol. The minimum absolute atomic E-state index is 0.0390. The molecule has 0 spiro atoms. The zero-order valence-corrected chi connectivity index (χ0v) is 18.2. The number of methoxy groups -OCH3 is 1. The summed E-state index contributed by atoms with van der Waals surface area (Å²) in [5, 5.41) is 14.0. The number of carbonyl (C=O) groups is 1. The van der Waals surface area contributed by atoms with Gasteiger partial charge in [0.1, 0.15) is 11.5 Å². The van der Waals surface area contributed by atoms with Gasteiger partial charge in [0.25, 0.3) is 5.91 Å². The molecule has 2 aliphatic heterocycles. The fourth-order valence-corrected chi connectivity index (χ4v) is 4.53. The number of para-hydroxylation sites is 1. The van der Waals surface area contributed by atoms with Crippen LogP contribution in [0.4, 0.5) is 0 Å². The Morgan fingerprint density at radius 1 is 1.18 bits per heavy atom. The summed E-state index contributed by atoms with van der Waals surface area (Å²) in [6.45, 7) is 1.51. The molecule has 0 radical (unpaired) electrons. The minimum atomic E-state index is -0.226. The second-order valence-electron chi connectivity index (χ2n) is 8.10. The Morgan fingerprint density at radius 3 is 2.73 bits per heavy atom. The Balaban J connectivity index is 1.39. The van der Waals surface area contributed by atoms with E-state index in [9.17, 15) is 9.90 Å². The van der Waals surface area contributed by atoms with Crippen molar-refractivity contribution in [2.75, 3.05) is 27.0 Å². The first-order chi connectivity index (χ1) is 16.1. The Kier molecular flexibility index (Phi) is 5.75. The van der Waals surface area contributed by atoms with Gasteiger partial charge in [-0.15, -0.1) is 0 Å². The van der Waals surface area contributed by atoms with Gasteiger partial charge in [-0.1, -0.05) is 12.1 Å². The number of nitrogens with zero attached hydrogens (tertiary/aromatic N) is 2. The summed E-state index contributed by atoms with van der Waals surface area (Å²) in [6.07, 6.45) is 4.26. The fourth-order valence-electron chi connectivity index (χ4n) is 4.53. The van der Waals surface area contributed by atoms with Crippen LogP contribution in [0.15, 0.2) is 60.9 Å². The van der Waals surface area contributed by atoms with Gasteiger partial charge in [-0.2, -0.15) is 0 Å². The summed E-state index contributed by atoms with van der Waals surface area (Å²) in [5.41, 5.74) is 2.23. The van der Waals surface area contributed by atoms with Gasteiger partial charge in [0.05, 0.1) is 18.7 Å². The number of aromatic hydroxyl groups is 1. The van der Waals surface area contributed by atoms with Crippen molar-refractivity contribution >= 4 is 5.91 Å². The number of pyridine rings is 1. The van der Waals surface area contributed by atoms with Crippen molar-refractivity contribution < 1.29 is 24.1 Å². The van der Waals surface area contributed by atoms with Gasteiger partial charge in [-0.3, -0.25) is 14.7 Å². The SMILES string of the molecule is COc1ccccc1C(=O)N[C@@H]1CCN(C(c2ccncc2)c2cc3c(cc2O)OCO3)C1. The molecule has 1 aromatic heterocycles. The van der Waals surface area contributed by atoms with E-state index in [4.69, 9.17) is 14.2 Å². The molecule has 8 nitrogen and oxygen atoms in total. The second-order valence-corrected chi connectivity index (χ2v) is 8.10. The normalized spacial score (nSPS) is 18.2. The largest absolute Gasteiger partial charge is 0.507 e. The molecule has 1 saturated heterocycles. The maximum atomic E-state index is 12.9. The first-order valence-corrected chi connectivity index (χ1v) is 10.8. The number of amides is 1. The number of benzene rings is 2. The van der Waals surface area contributed by atoms with Crippen LogP contribution >= 0.6 is 0 Å². The lowest BCUT2D eigenvalue weighted by atomic mass is 9.96. The summed E-state index contributed by atoms with van der Waals surface area (Å²) in [7, 11) is 1.56. The van der Waals surface area contributed by atoms with Gasteiger partial charge >= 0.3 is 0 Å². The molecule has 1 unspecified atom stereocenters. The van der Waals surface area contributed by atoms with Gasteiger partial charge < -0.3 is 24.6 Å². The lowest BCUT2D eigenvalue weighted by Gasteiger charge is -2.29. The van der Waals surface area contributed by atoms with Crippen molar-refractivity contribution in [1.29, 1.82) is 0 Å². The standard InChI is InChI=1S/C25H25N3O5/c1-31-21-5-3-2-4-18(21)25(30)27-17-8-11-28(14-17)24(16-6-9-26-10-7-16)19-12-22-23(13-20(19)29)33-15-32-22/h2-7,9-10,12-13,17,24,29H,8,11,14-15H2,1H3,(H,27,30)/t17-,24?/m1/s1. The molecule has 170 valence electrons. The smallest absolute Gasteiger partial charge is 0.255 e. The molecule has 3 heterocycles. The molecule has 1 amide bonds. The summed E-state index contributed by atoms with van der Waals surface area (Å²) < 4.78 is 16.3. The lowest BCUT2D eigenvalue weighted by molar-refractivity contribution is 0.0933. The highest BCUT2D eigenvalue weighted by atomic mass is 16.7. The van der Waals surface area contributed by atoms with E-state index >= 15 is 0 Å². The highest BCUT2D eigenvalue weighted by Crippen LogP contribution is 2.43. The maximum Gasteiger partial charge on any atom is 0.255 e. The third kappa shape index (κ3) is 4.17. The van der Waals surface area contributed by atoms with Gasteiger partial charge in [0.15, 0.2) is 11.5 Å². The number of hydrogen-bond acceptors (Lipinski definition) is 7. The predicted octanol–water partition coefficient (Wildman–Crippen LogP) is 3.12. The number of carbonyl (C=O) groups excluding carboxylic acids is 1. The molecule has 1 fully saturated rings. The first-order valence-electron chi connectivity index (χ1n) is 10.8. The van der Waals surface area contributed by atoms with Crippen LogP contribution in [-0.4, -0.2) is 53.9 Å². The van der Waals surface area contributed by atoms with Crippen LogP contribution in [0.25, 0.3) is 0 Å². The van der Waals surface area contributed by atoms with Gasteiger partial charge in [-0.05, 0) is 42.3 Å². The maximum absolute atomic E-state index is 12.9. The van der Waals surface area contributed by atoms with E-state index < -0.39 is 0 Å². The fraction of sp³-hybridized carbons (Fsp3) is 0.280. The number of ether oxygens (including phenoxy) is 3. The Bertz CT molecular complexity index is 1150. The highest BCUT2D eigenvalue weighted by Gasteiger charge is 2.34. The van der Waals surface area contributed by atoms with Crippen LogP contribution in [0.1, 0.15) is 33.9 Å². The number of phenolic OH excluding ortho intramolecular Hbond substituents is 1. The Labute approximate surface area is 191 Å². The zero-order chi connectivity index (χ0) is 22.8. The number of likely N-dealkylation sites (tertiary alicyclic amines) is 1. The lowest BCUT2D eigenvalue weighted by Crippen LogP contribution is -2.38. The summed E-state index contributed by atoms with van der Waals surface area (Å²) in [4.78, 5) is 19.3. The highest BCUT2D eigenvalue weighted by molar-refractivity contribution is 5.97. The van der Waals surface area contributed by atoms with E-state index in [1.165, 1.54) is 0 Å². The van der Waals surface area contributed by atoms with Crippen molar-refractivity contribution in [3.05, 3.63) is 77.6 Å². The third-order valence-corrected chi connectivity index (χ3v) is 6.11. The van der Waals surface area contributed by atoms with E-state index in [-0.39, 0.29) is 30.5 Å². The number of nitrogens with one attached hydrogen (secondary N) is 1. The number of rotatable bonds is 6. The van der Waals surface area contributed by atoms with Crippen molar-refractivity contribution in [3.8, 4) is 23.0 Å². The molecule has 2 aliphatic rings. The molecular formula is C25H25N3O5. The van der Waals surface area contributed by atoms with E-state index in [1.807, 2.05) is 30.3 Å². The van der Waals surface area contributed by atoms with E-state index in [2.05, 4.69) is 15.2 Å². The second kappa shape index (κ2) is 8.99. The molecule has 8 heteroatoms. The first kappa shape index (κ1) is 21.1. The van der Waals surface area contributed by atoms with Gasteiger partial charge in [0.2, 0.25) is 6.79 Å². The monoisotopic (exact) mass is 447 g/mol. The molecule has 2 aromatic carbocycles. The van der Waals surface area contributed by atoms with Crippen LogP contribution in [0, 0.1) is 0 Å². The number of fused-ring (bicyclic) bond motifs is 1. The van der Waals surface area contributed by atoms with Gasteiger partial charge in [-0.25, -0.2) is 0 Å². The third-order valence-electron chi connectivity index (χ3n) is 6.11. The van der Waals surface area contributed by atoms with E-state index in [0.29, 0.717) is 29.4 Å². The van der Waals surface area contributed by atoms with Crippen LogP contribution in [0.3, 0.4) is 0 Å². The molecule has 2 atom stereocenters. The summed E-state index contributed by atoms with van der Waals surface area (Å²) in [6, 6.07) is 14.2. The minimum Gasteiger partial charge on any atom is -0.507 e. The quantitative estimate of drug-likeness (QED) is 0.600. The Hall–Kier alpha value is -3.78. The van der Waals surface area contributed by atoms with Crippen molar-refractivity contribution in [2.45, 2.75) is 18.5 Å². The average molecular weight is 447 g/mol. The summed E-state index contributed by atoms with van der Waals surface area (Å²) in [5.74, 6) is 1.67. The number of aromatic nitrogens is 1. The molecule has 33 heavy (non-hydrogen) atoms. The van der Waals surface area contributed by atoms with Crippen LogP contribution in [-0.2, 0) is 0 Å². The van der Waals surface area contributed by atoms with E-state index in [1.54, 1.807) is 37.7 Å². The van der Waals surface area contributed by atoms with Crippen molar-refractivity contribution in [3.63, 3.8) is 0 Å². The molecule has 0 aliphatic carbocycles. The van der Waals surface area contributed by atoms with E-state index in [0.717, 1.165) is 24.1 Å². The van der Waals surface area contributed by atoms with Crippen molar-refractivity contribution in [2.24, 2.45) is 0 Å². The van der Waals surface area contributed by atoms with Gasteiger partial charge in [0, 0.05) is 43.2 Å². The number of phenols is 1. The van der Waals surface area contributed by atoms with Crippen LogP contribution < -0.4 is 19.5 Å². The van der Waals surface area contributed by atoms with Crippen LogP contribution in [0.2, 0.25) is 0 Å². The predicted molar refractivity (Wildman–Crippen MR) is 121 cm³/mol. The van der Waals surface area contributed by atoms with Crippen LogP contribution in [0.5, 0.6) is 23.0 Å². The summed E-state index contributed by atoms with van der Waals surface area (Å²) >= 11 is 0. The van der Waals surface area contributed by atoms with Crippen molar-refractivity contribution in [1.82, 2.24) is 15.2 Å².